The maximum atomic E-state index is 15.1. The Kier molecular flexibility index (Phi) is 8.67. The van der Waals surface area contributed by atoms with Crippen molar-refractivity contribution in [2.24, 2.45) is 5.41 Å². The number of alkyl halides is 1. The minimum atomic E-state index is -0.641. The molecule has 234 valence electrons. The van der Waals surface area contributed by atoms with Crippen LogP contribution in [-0.4, -0.2) is 53.4 Å². The van der Waals surface area contributed by atoms with Gasteiger partial charge in [0.05, 0.1) is 38.0 Å². The Morgan fingerprint density at radius 1 is 1.09 bits per heavy atom. The first-order valence-electron chi connectivity index (χ1n) is 14.9. The summed E-state index contributed by atoms with van der Waals surface area (Å²) >= 11 is 0. The zero-order valence-electron chi connectivity index (χ0n) is 24.9. The highest BCUT2D eigenvalue weighted by molar-refractivity contribution is 5.94. The maximum Gasteiger partial charge on any atom is 0.338 e. The first-order chi connectivity index (χ1) is 21.8. The number of ether oxygens (including phenoxy) is 3. The molecular formula is C34H33F3N4O4. The van der Waals surface area contributed by atoms with E-state index in [9.17, 15) is 13.6 Å². The van der Waals surface area contributed by atoms with Gasteiger partial charge in [0, 0.05) is 25.0 Å². The van der Waals surface area contributed by atoms with Gasteiger partial charge in [0.1, 0.15) is 29.8 Å². The number of esters is 1. The molecule has 8 nitrogen and oxygen atoms in total. The molecule has 6 rings (SSSR count). The van der Waals surface area contributed by atoms with Crippen molar-refractivity contribution in [3.05, 3.63) is 94.6 Å². The van der Waals surface area contributed by atoms with Gasteiger partial charge in [-0.25, -0.2) is 23.4 Å². The SMILES string of the molecule is [C-]#[N+]c1ccc(OCc2cccc(OC3CCN(Cc4nc5c(F)cc(C(=O)OC)cc5n4CC4(CF)CC4)CC3)c2)c(F)c1. The number of methoxy groups -OCH3 is 1. The van der Waals surface area contributed by atoms with Crippen LogP contribution in [0.1, 0.15) is 47.4 Å². The summed E-state index contributed by atoms with van der Waals surface area (Å²) in [7, 11) is 1.25. The third kappa shape index (κ3) is 6.76. The van der Waals surface area contributed by atoms with Gasteiger partial charge in [-0.3, -0.25) is 9.29 Å². The molecule has 1 aliphatic carbocycles. The highest BCUT2D eigenvalue weighted by atomic mass is 19.1. The first-order valence-corrected chi connectivity index (χ1v) is 14.9. The molecule has 0 radical (unpaired) electrons. The number of fused-ring (bicyclic) bond motifs is 1. The summed E-state index contributed by atoms with van der Waals surface area (Å²) in [6.07, 6.45) is 3.01. The minimum Gasteiger partial charge on any atom is -0.490 e. The van der Waals surface area contributed by atoms with Gasteiger partial charge in [-0.05, 0) is 67.6 Å². The first kappa shape index (κ1) is 30.5. The van der Waals surface area contributed by atoms with Gasteiger partial charge in [0.25, 0.3) is 0 Å². The van der Waals surface area contributed by atoms with Gasteiger partial charge in [-0.2, -0.15) is 0 Å². The molecule has 0 amide bonds. The molecule has 0 unspecified atom stereocenters. The van der Waals surface area contributed by atoms with E-state index >= 15 is 4.39 Å². The van der Waals surface area contributed by atoms with E-state index in [2.05, 4.69) is 14.7 Å². The lowest BCUT2D eigenvalue weighted by molar-refractivity contribution is 0.0600. The van der Waals surface area contributed by atoms with Crippen molar-refractivity contribution < 1.29 is 32.2 Å². The van der Waals surface area contributed by atoms with E-state index in [1.54, 1.807) is 6.07 Å². The molecule has 0 N–H and O–H groups in total. The van der Waals surface area contributed by atoms with Crippen LogP contribution in [0, 0.1) is 23.6 Å². The van der Waals surface area contributed by atoms with Crippen molar-refractivity contribution in [1.29, 1.82) is 0 Å². The second-order valence-corrected chi connectivity index (χ2v) is 11.8. The fourth-order valence-corrected chi connectivity index (χ4v) is 5.73. The molecule has 2 aliphatic rings. The van der Waals surface area contributed by atoms with E-state index in [0.29, 0.717) is 30.2 Å². The number of nitrogens with zero attached hydrogens (tertiary/aromatic N) is 4. The number of likely N-dealkylation sites (tertiary alicyclic amines) is 1. The molecular weight excluding hydrogens is 585 g/mol. The molecule has 4 aromatic rings. The van der Waals surface area contributed by atoms with E-state index < -0.39 is 29.7 Å². The number of hydrogen-bond acceptors (Lipinski definition) is 6. The van der Waals surface area contributed by atoms with E-state index in [4.69, 9.17) is 20.8 Å². The molecule has 0 bridgehead atoms. The number of carbonyl (C=O) groups is 1. The normalized spacial score (nSPS) is 16.3. The number of rotatable bonds is 11. The number of piperidine rings is 1. The quantitative estimate of drug-likeness (QED) is 0.133. The lowest BCUT2D eigenvalue weighted by Crippen LogP contribution is -2.38. The van der Waals surface area contributed by atoms with Crippen molar-refractivity contribution in [3.63, 3.8) is 0 Å². The summed E-state index contributed by atoms with van der Waals surface area (Å²) in [4.78, 5) is 22.2. The molecule has 1 aliphatic heterocycles. The Balaban J connectivity index is 1.10. The van der Waals surface area contributed by atoms with Crippen LogP contribution in [0.3, 0.4) is 0 Å². The molecule has 3 aromatic carbocycles. The molecule has 1 aromatic heterocycles. The number of hydrogen-bond donors (Lipinski definition) is 0. The van der Waals surface area contributed by atoms with Gasteiger partial charge < -0.3 is 18.8 Å². The highest BCUT2D eigenvalue weighted by Crippen LogP contribution is 2.48. The Labute approximate surface area is 259 Å². The van der Waals surface area contributed by atoms with Crippen molar-refractivity contribution >= 4 is 22.7 Å². The van der Waals surface area contributed by atoms with Gasteiger partial charge in [0.2, 0.25) is 0 Å². The van der Waals surface area contributed by atoms with E-state index in [-0.39, 0.29) is 35.2 Å². The third-order valence-electron chi connectivity index (χ3n) is 8.58. The number of imidazole rings is 1. The smallest absolute Gasteiger partial charge is 0.338 e. The predicted octanol–water partition coefficient (Wildman–Crippen LogP) is 7.02. The lowest BCUT2D eigenvalue weighted by atomic mass is 10.1. The monoisotopic (exact) mass is 618 g/mol. The molecule has 1 saturated heterocycles. The summed E-state index contributed by atoms with van der Waals surface area (Å²) < 4.78 is 61.8. The Hall–Kier alpha value is -4.56. The average Bonchev–Trinajstić information content (AvgIpc) is 3.76. The molecule has 0 spiro atoms. The second kappa shape index (κ2) is 12.8. The summed E-state index contributed by atoms with van der Waals surface area (Å²) in [5.74, 6) is -0.420. The molecule has 45 heavy (non-hydrogen) atoms. The van der Waals surface area contributed by atoms with Crippen LogP contribution in [0.5, 0.6) is 11.5 Å². The van der Waals surface area contributed by atoms with Gasteiger partial charge in [0.15, 0.2) is 23.1 Å². The lowest BCUT2D eigenvalue weighted by Gasteiger charge is -2.32. The van der Waals surface area contributed by atoms with Crippen LogP contribution in [-0.2, 0) is 24.4 Å². The van der Waals surface area contributed by atoms with E-state index in [1.807, 2.05) is 28.8 Å². The minimum absolute atomic E-state index is 0.0174. The van der Waals surface area contributed by atoms with Crippen LogP contribution in [0.4, 0.5) is 18.9 Å². The van der Waals surface area contributed by atoms with Crippen molar-refractivity contribution in [3.8, 4) is 11.5 Å². The fraction of sp³-hybridized carbons (Fsp3) is 0.382. The highest BCUT2D eigenvalue weighted by Gasteiger charge is 2.44. The van der Waals surface area contributed by atoms with Gasteiger partial charge in [-0.1, -0.05) is 18.2 Å². The van der Waals surface area contributed by atoms with Gasteiger partial charge >= 0.3 is 5.97 Å². The maximum absolute atomic E-state index is 15.1. The Morgan fingerprint density at radius 3 is 2.58 bits per heavy atom. The number of halogens is 3. The molecule has 0 atom stereocenters. The van der Waals surface area contributed by atoms with Crippen molar-refractivity contribution in [1.82, 2.24) is 14.5 Å². The fourth-order valence-electron chi connectivity index (χ4n) is 5.73. The van der Waals surface area contributed by atoms with Gasteiger partial charge in [-0.15, -0.1) is 0 Å². The van der Waals surface area contributed by atoms with Crippen LogP contribution >= 0.6 is 0 Å². The predicted molar refractivity (Wildman–Crippen MR) is 161 cm³/mol. The zero-order valence-corrected chi connectivity index (χ0v) is 24.9. The largest absolute Gasteiger partial charge is 0.490 e. The zero-order chi connectivity index (χ0) is 31.6. The average molecular weight is 619 g/mol. The van der Waals surface area contributed by atoms with Crippen LogP contribution in [0.25, 0.3) is 15.9 Å². The topological polar surface area (TPSA) is 70.2 Å². The summed E-state index contributed by atoms with van der Waals surface area (Å²) in [6.45, 7) is 8.96. The molecule has 2 heterocycles. The van der Waals surface area contributed by atoms with E-state index in [1.165, 1.54) is 19.2 Å². The standard InChI is InChI=1S/C34H33F3N4O4/c1-38-24-6-7-30(27(36)17-24)44-19-22-4-3-5-26(14-22)45-25-8-12-40(13-9-25)18-31-39-32-28(37)15-23(33(42)43-2)16-29(32)41(31)21-34(20-35)10-11-34/h3-7,14-17,25H,8-13,18-21H2,2H3. The molecule has 2 fully saturated rings. The van der Waals surface area contributed by atoms with Crippen LogP contribution in [0.2, 0.25) is 0 Å². The number of benzene rings is 3. The number of carbonyl (C=O) groups excluding carboxylic acids is 1. The second-order valence-electron chi connectivity index (χ2n) is 11.8. The summed E-state index contributed by atoms with van der Waals surface area (Å²) in [6, 6.07) is 14.3. The third-order valence-corrected chi connectivity index (χ3v) is 8.58. The summed E-state index contributed by atoms with van der Waals surface area (Å²) in [5.41, 5.74) is 1.29. The molecule has 1 saturated carbocycles. The van der Waals surface area contributed by atoms with Crippen molar-refractivity contribution in [2.45, 2.75) is 51.5 Å². The summed E-state index contributed by atoms with van der Waals surface area (Å²) in [5, 5.41) is 0. The van der Waals surface area contributed by atoms with Crippen LogP contribution < -0.4 is 9.47 Å². The van der Waals surface area contributed by atoms with E-state index in [0.717, 1.165) is 56.5 Å². The van der Waals surface area contributed by atoms with Crippen molar-refractivity contribution in [2.75, 3.05) is 26.9 Å². The van der Waals surface area contributed by atoms with Crippen LogP contribution in [0.15, 0.2) is 54.6 Å². The Morgan fingerprint density at radius 2 is 1.89 bits per heavy atom. The Bertz CT molecular complexity index is 1760. The number of aromatic nitrogens is 2. The molecule has 11 heteroatoms.